The summed E-state index contributed by atoms with van der Waals surface area (Å²) in [6, 6.07) is 18.3. The molecule has 1 N–H and O–H groups in total. The summed E-state index contributed by atoms with van der Waals surface area (Å²) in [6.45, 7) is 11.8. The third-order valence-electron chi connectivity index (χ3n) is 5.86. The van der Waals surface area contributed by atoms with Crippen LogP contribution in [0.4, 0.5) is 5.69 Å². The van der Waals surface area contributed by atoms with Gasteiger partial charge in [-0.1, -0.05) is 35.4 Å². The van der Waals surface area contributed by atoms with E-state index in [2.05, 4.69) is 34.6 Å². The lowest BCUT2D eigenvalue weighted by atomic mass is 10.2. The number of nitrogens with one attached hydrogen (secondary N) is 1. The van der Waals surface area contributed by atoms with Crippen molar-refractivity contribution >= 4 is 36.9 Å². The summed E-state index contributed by atoms with van der Waals surface area (Å²) in [5.74, 6) is 1.17. The first-order valence-corrected chi connectivity index (χ1v) is 14.4. The zero-order chi connectivity index (χ0) is 26.7. The highest BCUT2D eigenvalue weighted by atomic mass is 32.2. The predicted molar refractivity (Wildman–Crippen MR) is 139 cm³/mol. The molecule has 0 atom stereocenters. The van der Waals surface area contributed by atoms with Gasteiger partial charge >= 0.3 is 0 Å². The molecule has 0 spiro atoms. The molecular weight excluding hydrogens is 498 g/mol. The Morgan fingerprint density at radius 1 is 0.806 bits per heavy atom. The number of fused-ring (bicyclic) bond motifs is 1. The largest absolute Gasteiger partial charge is 0.744 e. The molecule has 0 fully saturated rings. The van der Waals surface area contributed by atoms with Crippen molar-refractivity contribution < 1.29 is 26.0 Å². The Bertz CT molecular complexity index is 1570. The van der Waals surface area contributed by atoms with Gasteiger partial charge < -0.3 is 4.55 Å². The minimum Gasteiger partial charge on any atom is -0.744 e. The second-order valence-electron chi connectivity index (χ2n) is 8.42. The van der Waals surface area contributed by atoms with Crippen LogP contribution in [0, 0.1) is 20.8 Å². The minimum absolute atomic E-state index is 0.178. The van der Waals surface area contributed by atoms with E-state index in [-0.39, 0.29) is 9.79 Å². The first-order valence-electron chi connectivity index (χ1n) is 11.5. The summed E-state index contributed by atoms with van der Waals surface area (Å²) >= 11 is 0. The smallest absolute Gasteiger partial charge is 0.261 e. The van der Waals surface area contributed by atoms with Crippen molar-refractivity contribution in [2.45, 2.75) is 57.5 Å². The van der Waals surface area contributed by atoms with E-state index in [4.69, 9.17) is 0 Å². The van der Waals surface area contributed by atoms with Crippen LogP contribution in [0.1, 0.15) is 30.8 Å². The number of aromatic nitrogens is 2. The van der Waals surface area contributed by atoms with E-state index in [0.29, 0.717) is 5.69 Å². The summed E-state index contributed by atoms with van der Waals surface area (Å²) < 4.78 is 63.5. The van der Waals surface area contributed by atoms with Crippen LogP contribution < -0.4 is 9.29 Å². The minimum atomic E-state index is -4.27. The lowest BCUT2D eigenvalue weighted by Gasteiger charge is -2.08. The van der Waals surface area contributed by atoms with Gasteiger partial charge in [0.25, 0.3) is 15.8 Å². The van der Waals surface area contributed by atoms with Crippen molar-refractivity contribution in [2.75, 3.05) is 4.72 Å². The van der Waals surface area contributed by atoms with Crippen LogP contribution in [0.2, 0.25) is 0 Å². The summed E-state index contributed by atoms with van der Waals surface area (Å²) in [6.07, 6.45) is 0. The number of imidazole rings is 1. The van der Waals surface area contributed by atoms with E-state index in [1.807, 2.05) is 32.0 Å². The Morgan fingerprint density at radius 2 is 1.33 bits per heavy atom. The molecule has 0 bridgehead atoms. The fourth-order valence-corrected chi connectivity index (χ4v) is 5.48. The highest BCUT2D eigenvalue weighted by molar-refractivity contribution is 7.92. The molecule has 0 aliphatic carbocycles. The molecule has 0 radical (unpaired) electrons. The van der Waals surface area contributed by atoms with E-state index < -0.39 is 20.1 Å². The molecule has 0 saturated heterocycles. The lowest BCUT2D eigenvalue weighted by molar-refractivity contribution is -0.674. The molecule has 8 nitrogen and oxygen atoms in total. The molecule has 0 unspecified atom stereocenters. The van der Waals surface area contributed by atoms with Gasteiger partial charge in [-0.15, -0.1) is 0 Å². The summed E-state index contributed by atoms with van der Waals surface area (Å²) in [7, 11) is -7.86. The van der Waals surface area contributed by atoms with Crippen molar-refractivity contribution in [1.29, 1.82) is 0 Å². The molecule has 0 aliphatic rings. The normalized spacial score (nSPS) is 11.7. The zero-order valence-electron chi connectivity index (χ0n) is 21.0. The third-order valence-corrected chi connectivity index (χ3v) is 8.11. The van der Waals surface area contributed by atoms with Gasteiger partial charge in [-0.2, -0.15) is 0 Å². The number of benzene rings is 3. The van der Waals surface area contributed by atoms with Crippen LogP contribution in [0.15, 0.2) is 76.5 Å². The molecule has 1 aromatic heterocycles. The Balaban J connectivity index is 0.000000275. The van der Waals surface area contributed by atoms with Crippen molar-refractivity contribution in [3.8, 4) is 0 Å². The number of hydrogen-bond acceptors (Lipinski definition) is 5. The Kier molecular flexibility index (Phi) is 8.22. The van der Waals surface area contributed by atoms with Crippen molar-refractivity contribution in [2.24, 2.45) is 0 Å². The molecule has 10 heteroatoms. The average molecular weight is 530 g/mol. The van der Waals surface area contributed by atoms with Crippen molar-refractivity contribution in [3.05, 3.63) is 83.7 Å². The van der Waals surface area contributed by atoms with E-state index in [0.717, 1.165) is 35.2 Å². The summed E-state index contributed by atoms with van der Waals surface area (Å²) in [5, 5.41) is 0. The monoisotopic (exact) mass is 529 g/mol. The molecule has 3 aromatic carbocycles. The van der Waals surface area contributed by atoms with Crippen LogP contribution in [0.3, 0.4) is 0 Å². The molecular formula is C26H31N3O5S2. The molecule has 4 aromatic rings. The summed E-state index contributed by atoms with van der Waals surface area (Å²) in [5.41, 5.74) is 4.67. The van der Waals surface area contributed by atoms with Crippen LogP contribution in [-0.2, 0) is 33.2 Å². The van der Waals surface area contributed by atoms with Crippen molar-refractivity contribution in [3.63, 3.8) is 0 Å². The van der Waals surface area contributed by atoms with Crippen LogP contribution in [-0.4, -0.2) is 26.0 Å². The molecule has 36 heavy (non-hydrogen) atoms. The first kappa shape index (κ1) is 27.4. The quantitative estimate of drug-likeness (QED) is 0.296. The van der Waals surface area contributed by atoms with Gasteiger partial charge in [-0.25, -0.2) is 26.0 Å². The number of aryl methyl sites for hydroxylation is 4. The molecule has 0 amide bonds. The number of rotatable bonds is 6. The molecule has 4 rings (SSSR count). The predicted octanol–water partition coefficient (Wildman–Crippen LogP) is 4.29. The van der Waals surface area contributed by atoms with Gasteiger partial charge in [-0.3, -0.25) is 4.72 Å². The number of nitrogens with zero attached hydrogens (tertiary/aromatic N) is 2. The van der Waals surface area contributed by atoms with E-state index in [1.165, 1.54) is 18.0 Å². The maximum absolute atomic E-state index is 12.6. The average Bonchev–Trinajstić information content (AvgIpc) is 3.08. The molecule has 0 saturated carbocycles. The molecule has 1 heterocycles. The second-order valence-corrected chi connectivity index (χ2v) is 11.5. The first-order chi connectivity index (χ1) is 16.9. The van der Waals surface area contributed by atoms with E-state index in [9.17, 15) is 21.4 Å². The SMILES string of the molecule is CCn1c(C)[n+](CC)c2ccc(NS(=O)(=O)c3ccc(C)cc3)cc21.Cc1ccc(S(=O)(=O)[O-])cc1. The third kappa shape index (κ3) is 6.13. The van der Waals surface area contributed by atoms with Crippen molar-refractivity contribution in [1.82, 2.24) is 4.57 Å². The van der Waals surface area contributed by atoms with Gasteiger partial charge in [0.1, 0.15) is 10.1 Å². The Morgan fingerprint density at radius 3 is 1.81 bits per heavy atom. The number of anilines is 1. The second kappa shape index (κ2) is 10.8. The van der Waals surface area contributed by atoms with Gasteiger partial charge in [0.15, 0.2) is 11.0 Å². The zero-order valence-corrected chi connectivity index (χ0v) is 22.7. The van der Waals surface area contributed by atoms with E-state index in [1.54, 1.807) is 36.4 Å². The standard InChI is InChI=1S/C19H24N3O2S.C7H8O3S/c1-5-21-15(4)22(6-2)19-13-16(9-12-18(19)21)20-25(23,24)17-10-7-14(3)8-11-17;1-6-2-4-7(5-3-6)11(8,9)10/h7-13,20H,5-6H2,1-4H3;2-5H,1H3,(H,8,9,10)/q+1;/p-1. The highest BCUT2D eigenvalue weighted by Crippen LogP contribution is 2.22. The maximum Gasteiger partial charge on any atom is 0.261 e. The summed E-state index contributed by atoms with van der Waals surface area (Å²) in [4.78, 5) is 0.0898. The number of hydrogen-bond donors (Lipinski definition) is 1. The molecule has 192 valence electrons. The van der Waals surface area contributed by atoms with Crippen LogP contribution in [0.25, 0.3) is 11.0 Å². The fraction of sp³-hybridized carbons (Fsp3) is 0.269. The number of sulfonamides is 1. The Hall–Kier alpha value is -3.21. The highest BCUT2D eigenvalue weighted by Gasteiger charge is 2.21. The topological polar surface area (TPSA) is 112 Å². The maximum atomic E-state index is 12.6. The fourth-order valence-electron chi connectivity index (χ4n) is 3.96. The van der Waals surface area contributed by atoms with Gasteiger partial charge in [0.2, 0.25) is 0 Å². The molecule has 0 aliphatic heterocycles. The van der Waals surface area contributed by atoms with Gasteiger partial charge in [0.05, 0.1) is 28.6 Å². The van der Waals surface area contributed by atoms with Crippen LogP contribution >= 0.6 is 0 Å². The van der Waals surface area contributed by atoms with Gasteiger partial charge in [-0.05, 0) is 64.1 Å². The van der Waals surface area contributed by atoms with Gasteiger partial charge in [0, 0.05) is 13.0 Å². The van der Waals surface area contributed by atoms with E-state index >= 15 is 0 Å². The Labute approximate surface area is 213 Å². The lowest BCUT2D eigenvalue weighted by Crippen LogP contribution is -2.35. The van der Waals surface area contributed by atoms with Crippen LogP contribution in [0.5, 0.6) is 0 Å².